The summed E-state index contributed by atoms with van der Waals surface area (Å²) in [5, 5.41) is 8.09. The van der Waals surface area contributed by atoms with Gasteiger partial charge < -0.3 is 14.4 Å². The van der Waals surface area contributed by atoms with Crippen LogP contribution >= 0.6 is 24.0 Å². The van der Waals surface area contributed by atoms with Gasteiger partial charge in [-0.2, -0.15) is 0 Å². The Morgan fingerprint density at radius 1 is 1.30 bits per heavy atom. The van der Waals surface area contributed by atoms with Gasteiger partial charge in [0.05, 0.1) is 6.54 Å². The molecule has 0 aliphatic heterocycles. The van der Waals surface area contributed by atoms with E-state index >= 15 is 0 Å². The van der Waals surface area contributed by atoms with Crippen LogP contribution in [0.3, 0.4) is 0 Å². The Hall–Kier alpha value is -0.860. The molecular formula is C13H26IN5O. The number of likely N-dealkylation sites (N-methyl/N-ethyl adjacent to an activating group) is 2. The summed E-state index contributed by atoms with van der Waals surface area (Å²) in [7, 11) is 3.77. The molecule has 1 aromatic rings. The lowest BCUT2D eigenvalue weighted by atomic mass is 10.3. The SMILES string of the molecule is CCCCN(CC)C(=O)CN(C)c1nnc(C)n1C.I. The number of rotatable bonds is 7. The first-order valence-corrected chi connectivity index (χ1v) is 6.86. The molecule has 0 aliphatic rings. The van der Waals surface area contributed by atoms with Crippen molar-refractivity contribution < 1.29 is 4.79 Å². The number of hydrogen-bond donors (Lipinski definition) is 0. The maximum atomic E-state index is 12.2. The van der Waals surface area contributed by atoms with Crippen LogP contribution in [-0.2, 0) is 11.8 Å². The Balaban J connectivity index is 0.00000361. The maximum Gasteiger partial charge on any atom is 0.242 e. The second kappa shape index (κ2) is 9.15. The minimum atomic E-state index is 0. The van der Waals surface area contributed by atoms with Crippen molar-refractivity contribution in [2.75, 3.05) is 31.6 Å². The molecule has 1 heterocycles. The van der Waals surface area contributed by atoms with E-state index in [1.165, 1.54) is 0 Å². The monoisotopic (exact) mass is 395 g/mol. The smallest absolute Gasteiger partial charge is 0.242 e. The van der Waals surface area contributed by atoms with Crippen LogP contribution in [0.15, 0.2) is 0 Å². The number of aromatic nitrogens is 3. The predicted octanol–water partition coefficient (Wildman–Crippen LogP) is 1.83. The van der Waals surface area contributed by atoms with Crippen LogP contribution in [-0.4, -0.2) is 52.3 Å². The molecule has 0 N–H and O–H groups in total. The van der Waals surface area contributed by atoms with E-state index in [9.17, 15) is 4.79 Å². The summed E-state index contributed by atoms with van der Waals surface area (Å²) in [4.78, 5) is 15.9. The van der Waals surface area contributed by atoms with Crippen LogP contribution in [0.4, 0.5) is 5.95 Å². The van der Waals surface area contributed by atoms with Crippen LogP contribution in [0.25, 0.3) is 0 Å². The molecule has 0 spiro atoms. The van der Waals surface area contributed by atoms with Crippen LogP contribution in [0.1, 0.15) is 32.5 Å². The molecule has 116 valence electrons. The number of aryl methyl sites for hydroxylation is 1. The van der Waals surface area contributed by atoms with Gasteiger partial charge in [-0.15, -0.1) is 34.2 Å². The molecule has 0 fully saturated rings. The van der Waals surface area contributed by atoms with E-state index in [0.29, 0.717) is 6.54 Å². The highest BCUT2D eigenvalue weighted by atomic mass is 127. The zero-order valence-corrected chi connectivity index (χ0v) is 15.4. The van der Waals surface area contributed by atoms with Crippen molar-refractivity contribution in [2.45, 2.75) is 33.6 Å². The highest BCUT2D eigenvalue weighted by Crippen LogP contribution is 2.09. The van der Waals surface area contributed by atoms with Crippen LogP contribution in [0, 0.1) is 6.92 Å². The average Bonchev–Trinajstić information content (AvgIpc) is 2.71. The molecule has 1 aromatic heterocycles. The fourth-order valence-corrected chi connectivity index (χ4v) is 1.91. The van der Waals surface area contributed by atoms with Crippen molar-refractivity contribution in [1.29, 1.82) is 0 Å². The number of amides is 1. The number of hydrogen-bond acceptors (Lipinski definition) is 4. The molecule has 0 saturated carbocycles. The van der Waals surface area contributed by atoms with E-state index in [0.717, 1.165) is 37.7 Å². The summed E-state index contributed by atoms with van der Waals surface area (Å²) >= 11 is 0. The zero-order valence-electron chi connectivity index (χ0n) is 13.1. The van der Waals surface area contributed by atoms with Crippen molar-refractivity contribution in [3.8, 4) is 0 Å². The van der Waals surface area contributed by atoms with Gasteiger partial charge in [0.15, 0.2) is 0 Å². The molecule has 0 aliphatic carbocycles. The number of nitrogens with zero attached hydrogens (tertiary/aromatic N) is 5. The summed E-state index contributed by atoms with van der Waals surface area (Å²) in [5.74, 6) is 1.70. The van der Waals surface area contributed by atoms with Crippen LogP contribution in [0.5, 0.6) is 0 Å². The molecule has 0 atom stereocenters. The normalized spacial score (nSPS) is 10.1. The first-order chi connectivity index (χ1) is 9.01. The molecule has 0 bridgehead atoms. The van der Waals surface area contributed by atoms with Gasteiger partial charge in [-0.1, -0.05) is 13.3 Å². The topological polar surface area (TPSA) is 54.3 Å². The Morgan fingerprint density at radius 3 is 2.40 bits per heavy atom. The van der Waals surface area contributed by atoms with Crippen molar-refractivity contribution in [2.24, 2.45) is 7.05 Å². The predicted molar refractivity (Wildman–Crippen MR) is 91.6 cm³/mol. The number of carbonyl (C=O) groups excluding carboxylic acids is 1. The van der Waals surface area contributed by atoms with Gasteiger partial charge in [0.25, 0.3) is 0 Å². The van der Waals surface area contributed by atoms with Crippen molar-refractivity contribution in [3.63, 3.8) is 0 Å². The molecular weight excluding hydrogens is 369 g/mol. The third kappa shape index (κ3) is 4.92. The summed E-state index contributed by atoms with van der Waals surface area (Å²) < 4.78 is 1.88. The number of halogens is 1. The van der Waals surface area contributed by atoms with E-state index in [1.54, 1.807) is 0 Å². The van der Waals surface area contributed by atoms with Gasteiger partial charge >= 0.3 is 0 Å². The standard InChI is InChI=1S/C13H25N5O.HI/c1-6-8-9-18(7-2)12(19)10-16(4)13-15-14-11(3)17(13)5;/h6-10H2,1-5H3;1H. The van der Waals surface area contributed by atoms with E-state index in [-0.39, 0.29) is 29.9 Å². The largest absolute Gasteiger partial charge is 0.341 e. The molecule has 0 aromatic carbocycles. The minimum absolute atomic E-state index is 0. The molecule has 20 heavy (non-hydrogen) atoms. The van der Waals surface area contributed by atoms with Crippen LogP contribution < -0.4 is 4.90 Å². The zero-order chi connectivity index (χ0) is 14.4. The lowest BCUT2D eigenvalue weighted by Crippen LogP contribution is -2.40. The summed E-state index contributed by atoms with van der Waals surface area (Å²) in [5.41, 5.74) is 0. The van der Waals surface area contributed by atoms with Crippen molar-refractivity contribution in [3.05, 3.63) is 5.82 Å². The van der Waals surface area contributed by atoms with Gasteiger partial charge in [-0.05, 0) is 20.3 Å². The highest BCUT2D eigenvalue weighted by Gasteiger charge is 2.17. The maximum absolute atomic E-state index is 12.2. The lowest BCUT2D eigenvalue weighted by Gasteiger charge is -2.24. The summed E-state index contributed by atoms with van der Waals surface area (Å²) in [6, 6.07) is 0. The first-order valence-electron chi connectivity index (χ1n) is 6.86. The third-order valence-corrected chi connectivity index (χ3v) is 3.30. The number of unbranched alkanes of at least 4 members (excludes halogenated alkanes) is 1. The molecule has 1 rings (SSSR count). The van der Waals surface area contributed by atoms with E-state index in [4.69, 9.17) is 0 Å². The van der Waals surface area contributed by atoms with Gasteiger partial charge in [0.1, 0.15) is 5.82 Å². The molecule has 0 unspecified atom stereocenters. The van der Waals surface area contributed by atoms with Crippen molar-refractivity contribution in [1.82, 2.24) is 19.7 Å². The quantitative estimate of drug-likeness (QED) is 0.662. The fraction of sp³-hybridized carbons (Fsp3) is 0.769. The molecule has 0 saturated heterocycles. The summed E-state index contributed by atoms with van der Waals surface area (Å²) in [6.07, 6.45) is 2.15. The first kappa shape index (κ1) is 19.1. The average molecular weight is 395 g/mol. The lowest BCUT2D eigenvalue weighted by molar-refractivity contribution is -0.129. The second-order valence-corrected chi connectivity index (χ2v) is 4.79. The second-order valence-electron chi connectivity index (χ2n) is 4.79. The van der Waals surface area contributed by atoms with E-state index < -0.39 is 0 Å². The Morgan fingerprint density at radius 2 is 1.95 bits per heavy atom. The fourth-order valence-electron chi connectivity index (χ4n) is 1.91. The molecule has 0 radical (unpaired) electrons. The van der Waals surface area contributed by atoms with E-state index in [1.807, 2.05) is 42.3 Å². The minimum Gasteiger partial charge on any atom is -0.341 e. The van der Waals surface area contributed by atoms with Crippen LogP contribution in [0.2, 0.25) is 0 Å². The molecule has 7 heteroatoms. The summed E-state index contributed by atoms with van der Waals surface area (Å²) in [6.45, 7) is 7.96. The third-order valence-electron chi connectivity index (χ3n) is 3.30. The Bertz CT molecular complexity index is 421. The Labute approximate surface area is 138 Å². The van der Waals surface area contributed by atoms with Gasteiger partial charge in [-0.3, -0.25) is 4.79 Å². The molecule has 6 nitrogen and oxygen atoms in total. The van der Waals surface area contributed by atoms with Crippen molar-refractivity contribution >= 4 is 35.8 Å². The van der Waals surface area contributed by atoms with E-state index in [2.05, 4.69) is 17.1 Å². The Kier molecular flexibility index (Phi) is 8.75. The molecule has 1 amide bonds. The van der Waals surface area contributed by atoms with Gasteiger partial charge in [0, 0.05) is 27.2 Å². The van der Waals surface area contributed by atoms with Gasteiger partial charge in [0.2, 0.25) is 11.9 Å². The number of anilines is 1. The number of carbonyl (C=O) groups is 1. The highest BCUT2D eigenvalue weighted by molar-refractivity contribution is 14.0. The van der Waals surface area contributed by atoms with Gasteiger partial charge in [-0.25, -0.2) is 0 Å².